The Morgan fingerprint density at radius 3 is 3.00 bits per heavy atom. The van der Waals surface area contributed by atoms with E-state index in [1.165, 1.54) is 24.5 Å². The van der Waals surface area contributed by atoms with Gasteiger partial charge in [-0.25, -0.2) is 4.39 Å². The minimum absolute atomic E-state index is 0.201. The van der Waals surface area contributed by atoms with Crippen LogP contribution in [0, 0.1) is 9.39 Å². The van der Waals surface area contributed by atoms with Crippen LogP contribution in [-0.4, -0.2) is 19.1 Å². The molecule has 1 aromatic carbocycles. The van der Waals surface area contributed by atoms with Gasteiger partial charge in [0.2, 0.25) is 0 Å². The van der Waals surface area contributed by atoms with Gasteiger partial charge in [0.1, 0.15) is 5.82 Å². The summed E-state index contributed by atoms with van der Waals surface area (Å²) in [5.41, 5.74) is 0.483. The zero-order chi connectivity index (χ0) is 12.7. The van der Waals surface area contributed by atoms with E-state index >= 15 is 0 Å². The van der Waals surface area contributed by atoms with E-state index in [2.05, 4.69) is 11.9 Å². The molecule has 5 heteroatoms. The molecule has 17 heavy (non-hydrogen) atoms. The summed E-state index contributed by atoms with van der Waals surface area (Å²) in [6, 6.07) is 4.08. The molecule has 0 aliphatic rings. The lowest BCUT2D eigenvalue weighted by atomic mass is 10.2. The third-order valence-electron chi connectivity index (χ3n) is 2.02. The predicted molar refractivity (Wildman–Crippen MR) is 72.2 cm³/mol. The predicted octanol–water partition coefficient (Wildman–Crippen LogP) is 2.71. The molecule has 1 N–H and O–H groups in total. The maximum Gasteiger partial charge on any atom is 0.252 e. The van der Waals surface area contributed by atoms with Gasteiger partial charge in [0, 0.05) is 10.1 Å². The van der Waals surface area contributed by atoms with E-state index in [4.69, 9.17) is 4.74 Å². The molecule has 1 aromatic rings. The van der Waals surface area contributed by atoms with E-state index in [0.29, 0.717) is 28.7 Å². The Bertz CT molecular complexity index is 409. The number of hydrogen-bond donors (Lipinski definition) is 1. The van der Waals surface area contributed by atoms with Crippen molar-refractivity contribution in [3.63, 3.8) is 0 Å². The second kappa shape index (κ2) is 7.26. The third kappa shape index (κ3) is 4.72. The number of carbonyl (C=O) groups excluding carboxylic acids is 1. The Kier molecular flexibility index (Phi) is 5.96. The van der Waals surface area contributed by atoms with Crippen molar-refractivity contribution < 1.29 is 13.9 Å². The first-order chi connectivity index (χ1) is 8.15. The first-order valence-electron chi connectivity index (χ1n) is 5.11. The topological polar surface area (TPSA) is 38.3 Å². The van der Waals surface area contributed by atoms with E-state index in [0.717, 1.165) is 0 Å². The fraction of sp³-hybridized carbons (Fsp3) is 0.250. The molecule has 0 bridgehead atoms. The third-order valence-corrected chi connectivity index (χ3v) is 2.91. The van der Waals surface area contributed by atoms with E-state index in [9.17, 15) is 9.18 Å². The van der Waals surface area contributed by atoms with E-state index in [1.807, 2.05) is 22.6 Å². The molecule has 0 saturated carbocycles. The highest BCUT2D eigenvalue weighted by molar-refractivity contribution is 14.1. The number of rotatable bonds is 6. The van der Waals surface area contributed by atoms with Crippen LogP contribution in [0.1, 0.15) is 16.8 Å². The fourth-order valence-electron chi connectivity index (χ4n) is 1.21. The molecule has 0 atom stereocenters. The van der Waals surface area contributed by atoms with Gasteiger partial charge in [0.15, 0.2) is 0 Å². The first-order valence-corrected chi connectivity index (χ1v) is 6.19. The van der Waals surface area contributed by atoms with Crippen LogP contribution in [0.2, 0.25) is 0 Å². The van der Waals surface area contributed by atoms with Gasteiger partial charge < -0.3 is 10.1 Å². The highest BCUT2D eigenvalue weighted by Crippen LogP contribution is 2.13. The molecule has 0 aliphatic heterocycles. The summed E-state index contributed by atoms with van der Waals surface area (Å²) in [4.78, 5) is 11.7. The molecule has 0 radical (unpaired) electrons. The van der Waals surface area contributed by atoms with E-state index in [-0.39, 0.29) is 11.7 Å². The lowest BCUT2D eigenvalue weighted by Gasteiger charge is -2.06. The zero-order valence-corrected chi connectivity index (χ0v) is 11.4. The summed E-state index contributed by atoms with van der Waals surface area (Å²) in [6.45, 7) is 4.45. The van der Waals surface area contributed by atoms with E-state index < -0.39 is 0 Å². The lowest BCUT2D eigenvalue weighted by Crippen LogP contribution is -2.25. The lowest BCUT2D eigenvalue weighted by molar-refractivity contribution is 0.0949. The van der Waals surface area contributed by atoms with Crippen LogP contribution in [0.25, 0.3) is 0 Å². The fourth-order valence-corrected chi connectivity index (χ4v) is 1.93. The van der Waals surface area contributed by atoms with Crippen molar-refractivity contribution in [3.8, 4) is 0 Å². The standard InChI is InChI=1S/C12H13FINO2/c1-2-17-7-3-6-15-12(16)10-5-4-9(13)8-11(10)14/h2,4-5,8H,1,3,6-7H2,(H,15,16). The molecule has 0 aliphatic carbocycles. The summed E-state index contributed by atoms with van der Waals surface area (Å²) in [5.74, 6) is -0.543. The number of nitrogens with one attached hydrogen (secondary N) is 1. The van der Waals surface area contributed by atoms with Gasteiger partial charge in [0.25, 0.3) is 5.91 Å². The van der Waals surface area contributed by atoms with Gasteiger partial charge >= 0.3 is 0 Å². The van der Waals surface area contributed by atoms with Gasteiger partial charge in [-0.15, -0.1) is 0 Å². The highest BCUT2D eigenvalue weighted by atomic mass is 127. The van der Waals surface area contributed by atoms with Crippen LogP contribution >= 0.6 is 22.6 Å². The smallest absolute Gasteiger partial charge is 0.252 e. The number of amides is 1. The van der Waals surface area contributed by atoms with Crippen molar-refractivity contribution in [1.82, 2.24) is 5.32 Å². The monoisotopic (exact) mass is 349 g/mol. The van der Waals surface area contributed by atoms with Gasteiger partial charge in [-0.1, -0.05) is 6.58 Å². The molecule has 0 saturated heterocycles. The van der Waals surface area contributed by atoms with Crippen LogP contribution in [-0.2, 0) is 4.74 Å². The second-order valence-corrected chi connectivity index (χ2v) is 4.43. The molecule has 1 rings (SSSR count). The summed E-state index contributed by atoms with van der Waals surface area (Å²) in [5, 5.41) is 2.74. The van der Waals surface area contributed by atoms with Crippen LogP contribution in [0.4, 0.5) is 4.39 Å². The zero-order valence-electron chi connectivity index (χ0n) is 9.21. The normalized spacial score (nSPS) is 9.76. The SMILES string of the molecule is C=COCCCNC(=O)c1ccc(F)cc1I. The molecule has 92 valence electrons. The number of hydrogen-bond acceptors (Lipinski definition) is 2. The minimum Gasteiger partial charge on any atom is -0.502 e. The van der Waals surface area contributed by atoms with Crippen LogP contribution in [0.5, 0.6) is 0 Å². The Morgan fingerprint density at radius 2 is 2.35 bits per heavy atom. The van der Waals surface area contributed by atoms with Gasteiger partial charge in [-0.3, -0.25) is 4.79 Å². The number of carbonyl (C=O) groups is 1. The molecule has 0 aromatic heterocycles. The van der Waals surface area contributed by atoms with Crippen molar-refractivity contribution in [3.05, 3.63) is 46.0 Å². The van der Waals surface area contributed by atoms with E-state index in [1.54, 1.807) is 0 Å². The van der Waals surface area contributed by atoms with Crippen LogP contribution in [0.15, 0.2) is 31.0 Å². The minimum atomic E-state index is -0.342. The molecule has 0 heterocycles. The Morgan fingerprint density at radius 1 is 1.59 bits per heavy atom. The summed E-state index contributed by atoms with van der Waals surface area (Å²) in [7, 11) is 0. The first kappa shape index (κ1) is 14.0. The molecule has 0 unspecified atom stereocenters. The molecule has 1 amide bonds. The molecule has 0 fully saturated rings. The average molecular weight is 349 g/mol. The molecule has 3 nitrogen and oxygen atoms in total. The molecular weight excluding hydrogens is 336 g/mol. The van der Waals surface area contributed by atoms with Crippen molar-refractivity contribution in [2.75, 3.05) is 13.2 Å². The maximum absolute atomic E-state index is 12.8. The second-order valence-electron chi connectivity index (χ2n) is 3.27. The van der Waals surface area contributed by atoms with Crippen molar-refractivity contribution in [1.29, 1.82) is 0 Å². The average Bonchev–Trinajstić information content (AvgIpc) is 2.28. The highest BCUT2D eigenvalue weighted by Gasteiger charge is 2.09. The van der Waals surface area contributed by atoms with Crippen LogP contribution < -0.4 is 5.32 Å². The Balaban J connectivity index is 2.44. The number of benzene rings is 1. The molecular formula is C12H13FINO2. The van der Waals surface area contributed by atoms with Gasteiger partial charge in [0.05, 0.1) is 18.4 Å². The number of halogens is 2. The van der Waals surface area contributed by atoms with Crippen molar-refractivity contribution in [2.24, 2.45) is 0 Å². The maximum atomic E-state index is 12.8. The van der Waals surface area contributed by atoms with Crippen molar-refractivity contribution >= 4 is 28.5 Å². The number of ether oxygens (including phenoxy) is 1. The molecule has 0 spiro atoms. The Hall–Kier alpha value is -1.11. The van der Waals surface area contributed by atoms with Crippen LogP contribution in [0.3, 0.4) is 0 Å². The quantitative estimate of drug-likeness (QED) is 0.487. The largest absolute Gasteiger partial charge is 0.502 e. The Labute approximate surface area is 113 Å². The van der Waals surface area contributed by atoms with Crippen molar-refractivity contribution in [2.45, 2.75) is 6.42 Å². The van der Waals surface area contributed by atoms with Gasteiger partial charge in [-0.05, 0) is 47.2 Å². The van der Waals surface area contributed by atoms with Gasteiger partial charge in [-0.2, -0.15) is 0 Å². The summed E-state index contributed by atoms with van der Waals surface area (Å²) >= 11 is 1.94. The summed E-state index contributed by atoms with van der Waals surface area (Å²) in [6.07, 6.45) is 2.07. The summed E-state index contributed by atoms with van der Waals surface area (Å²) < 4.78 is 18.4.